The Hall–Kier alpha value is -3.49. The van der Waals surface area contributed by atoms with Crippen LogP contribution in [0.5, 0.6) is 0 Å². The van der Waals surface area contributed by atoms with Crippen molar-refractivity contribution in [2.24, 2.45) is 5.10 Å². The van der Waals surface area contributed by atoms with Gasteiger partial charge < -0.3 is 0 Å². The summed E-state index contributed by atoms with van der Waals surface area (Å²) >= 11 is 7.34. The van der Waals surface area contributed by atoms with E-state index in [0.717, 1.165) is 22.4 Å². The molecule has 33 heavy (non-hydrogen) atoms. The number of amides is 1. The van der Waals surface area contributed by atoms with Gasteiger partial charge in [-0.15, -0.1) is 10.2 Å². The Balaban J connectivity index is 1.54. The van der Waals surface area contributed by atoms with Crippen LogP contribution >= 0.6 is 23.4 Å². The van der Waals surface area contributed by atoms with Gasteiger partial charge >= 0.3 is 0 Å². The number of carbonyl (C=O) groups is 1. The van der Waals surface area contributed by atoms with Crippen LogP contribution in [0.15, 0.2) is 83.3 Å². The van der Waals surface area contributed by atoms with E-state index in [4.69, 9.17) is 11.6 Å². The summed E-state index contributed by atoms with van der Waals surface area (Å²) in [5.41, 5.74) is 7.04. The van der Waals surface area contributed by atoms with Gasteiger partial charge in [0.05, 0.1) is 11.5 Å². The molecule has 7 nitrogen and oxygen atoms in total. The Labute approximate surface area is 200 Å². The maximum atomic E-state index is 12.4. The van der Waals surface area contributed by atoms with Crippen molar-refractivity contribution in [3.8, 4) is 17.1 Å². The van der Waals surface area contributed by atoms with Gasteiger partial charge in [-0.3, -0.25) is 14.3 Å². The Kier molecular flexibility index (Phi) is 7.16. The highest BCUT2D eigenvalue weighted by atomic mass is 35.5. The standard InChI is InChI=1S/C24H21ClN6OS/c1-16-5-11-21(12-6-16)31-23(18-7-9-20(25)10-8-18)29-30-24(31)33-15-22(32)28-27-17(2)19-4-3-13-26-14-19/h3-14H,15H2,1-2H3,(H,28,32)/b27-17+. The molecule has 9 heteroatoms. The average Bonchev–Trinajstić information content (AvgIpc) is 3.26. The molecule has 0 aliphatic heterocycles. The maximum absolute atomic E-state index is 12.4. The van der Waals surface area contributed by atoms with Crippen LogP contribution in [0.1, 0.15) is 18.1 Å². The van der Waals surface area contributed by atoms with E-state index < -0.39 is 0 Å². The molecule has 0 unspecified atom stereocenters. The summed E-state index contributed by atoms with van der Waals surface area (Å²) < 4.78 is 1.94. The van der Waals surface area contributed by atoms with E-state index in [1.54, 1.807) is 12.4 Å². The zero-order valence-corrected chi connectivity index (χ0v) is 19.6. The van der Waals surface area contributed by atoms with E-state index in [-0.39, 0.29) is 11.7 Å². The van der Waals surface area contributed by atoms with E-state index in [2.05, 4.69) is 25.7 Å². The number of hydrogen-bond acceptors (Lipinski definition) is 6. The average molecular weight is 477 g/mol. The van der Waals surface area contributed by atoms with Gasteiger partial charge in [-0.25, -0.2) is 5.43 Å². The molecule has 0 aliphatic carbocycles. The first-order valence-corrected chi connectivity index (χ1v) is 11.5. The third kappa shape index (κ3) is 5.66. The Bertz CT molecular complexity index is 1270. The molecule has 166 valence electrons. The van der Waals surface area contributed by atoms with Gasteiger partial charge in [0.25, 0.3) is 5.91 Å². The molecule has 0 atom stereocenters. The first-order valence-electron chi connectivity index (χ1n) is 10.2. The molecule has 2 heterocycles. The quantitative estimate of drug-likeness (QED) is 0.232. The van der Waals surface area contributed by atoms with Crippen molar-refractivity contribution in [2.75, 3.05) is 5.75 Å². The second-order valence-electron chi connectivity index (χ2n) is 7.25. The second kappa shape index (κ2) is 10.4. The number of thioether (sulfide) groups is 1. The minimum atomic E-state index is -0.241. The van der Waals surface area contributed by atoms with Gasteiger partial charge in [-0.2, -0.15) is 5.10 Å². The molecule has 0 aliphatic rings. The highest BCUT2D eigenvalue weighted by Crippen LogP contribution is 2.28. The fraction of sp³-hybridized carbons (Fsp3) is 0.125. The van der Waals surface area contributed by atoms with E-state index in [0.29, 0.717) is 21.7 Å². The zero-order valence-electron chi connectivity index (χ0n) is 18.1. The van der Waals surface area contributed by atoms with Crippen molar-refractivity contribution in [3.05, 3.63) is 89.2 Å². The van der Waals surface area contributed by atoms with E-state index in [1.807, 2.05) is 79.1 Å². The number of aromatic nitrogens is 4. The smallest absolute Gasteiger partial charge is 0.250 e. The lowest BCUT2D eigenvalue weighted by molar-refractivity contribution is -0.118. The predicted molar refractivity (Wildman–Crippen MR) is 132 cm³/mol. The number of hydrazone groups is 1. The van der Waals surface area contributed by atoms with Crippen molar-refractivity contribution in [1.29, 1.82) is 0 Å². The summed E-state index contributed by atoms with van der Waals surface area (Å²) in [6.45, 7) is 3.85. The maximum Gasteiger partial charge on any atom is 0.250 e. The van der Waals surface area contributed by atoms with E-state index in [9.17, 15) is 4.79 Å². The normalized spacial score (nSPS) is 11.4. The van der Waals surface area contributed by atoms with Crippen LogP contribution in [-0.4, -0.2) is 37.1 Å². The molecular weight excluding hydrogens is 456 g/mol. The zero-order chi connectivity index (χ0) is 23.2. The van der Waals surface area contributed by atoms with Gasteiger partial charge in [0, 0.05) is 34.2 Å². The number of benzene rings is 2. The number of halogens is 1. The number of hydrogen-bond donors (Lipinski definition) is 1. The van der Waals surface area contributed by atoms with Crippen LogP contribution < -0.4 is 5.43 Å². The lowest BCUT2D eigenvalue weighted by Gasteiger charge is -2.11. The van der Waals surface area contributed by atoms with Crippen LogP contribution in [0.2, 0.25) is 5.02 Å². The number of aryl methyl sites for hydroxylation is 1. The molecule has 0 saturated carbocycles. The largest absolute Gasteiger partial charge is 0.272 e. The number of pyridine rings is 1. The Morgan fingerprint density at radius 2 is 1.85 bits per heavy atom. The lowest BCUT2D eigenvalue weighted by atomic mass is 10.2. The van der Waals surface area contributed by atoms with Gasteiger partial charge in [0.2, 0.25) is 0 Å². The minimum absolute atomic E-state index is 0.133. The van der Waals surface area contributed by atoms with Gasteiger partial charge in [0.15, 0.2) is 11.0 Å². The predicted octanol–water partition coefficient (Wildman–Crippen LogP) is 4.92. The SMILES string of the molecule is C/C(=N\NC(=O)CSc1nnc(-c2ccc(Cl)cc2)n1-c1ccc(C)cc1)c1cccnc1. The second-order valence-corrected chi connectivity index (χ2v) is 8.63. The summed E-state index contributed by atoms with van der Waals surface area (Å²) in [5, 5.41) is 14.2. The van der Waals surface area contributed by atoms with Crippen LogP contribution in [0, 0.1) is 6.92 Å². The molecule has 0 bridgehead atoms. The van der Waals surface area contributed by atoms with Gasteiger partial charge in [0.1, 0.15) is 0 Å². The molecule has 4 aromatic rings. The molecule has 4 rings (SSSR count). The molecule has 0 radical (unpaired) electrons. The molecule has 0 fully saturated rings. The van der Waals surface area contributed by atoms with Crippen molar-refractivity contribution in [3.63, 3.8) is 0 Å². The molecule has 2 aromatic carbocycles. The number of rotatable bonds is 7. The van der Waals surface area contributed by atoms with Gasteiger partial charge in [-0.1, -0.05) is 47.1 Å². The minimum Gasteiger partial charge on any atom is -0.272 e. The number of carbonyl (C=O) groups excluding carboxylic acids is 1. The summed E-state index contributed by atoms with van der Waals surface area (Å²) in [6, 6.07) is 19.2. The Morgan fingerprint density at radius 3 is 2.55 bits per heavy atom. The third-order valence-corrected chi connectivity index (χ3v) is 5.97. The van der Waals surface area contributed by atoms with Gasteiger partial charge in [-0.05, 0) is 56.3 Å². The molecule has 2 aromatic heterocycles. The number of nitrogens with one attached hydrogen (secondary N) is 1. The van der Waals surface area contributed by atoms with E-state index in [1.165, 1.54) is 11.8 Å². The molecule has 0 saturated heterocycles. The number of nitrogens with zero attached hydrogens (tertiary/aromatic N) is 5. The lowest BCUT2D eigenvalue weighted by Crippen LogP contribution is -2.21. The molecule has 1 N–H and O–H groups in total. The fourth-order valence-electron chi connectivity index (χ4n) is 3.03. The molecule has 1 amide bonds. The van der Waals surface area contributed by atoms with Crippen molar-refractivity contribution in [1.82, 2.24) is 25.2 Å². The molecular formula is C24H21ClN6OS. The molecule has 0 spiro atoms. The third-order valence-electron chi connectivity index (χ3n) is 4.79. The van der Waals surface area contributed by atoms with E-state index >= 15 is 0 Å². The van der Waals surface area contributed by atoms with Crippen LogP contribution in [0.25, 0.3) is 17.1 Å². The van der Waals surface area contributed by atoms with Crippen molar-refractivity contribution in [2.45, 2.75) is 19.0 Å². The highest BCUT2D eigenvalue weighted by Gasteiger charge is 2.17. The summed E-state index contributed by atoms with van der Waals surface area (Å²) in [4.78, 5) is 16.5. The fourth-order valence-corrected chi connectivity index (χ4v) is 3.90. The summed E-state index contributed by atoms with van der Waals surface area (Å²) in [6.07, 6.45) is 3.39. The highest BCUT2D eigenvalue weighted by molar-refractivity contribution is 7.99. The summed E-state index contributed by atoms with van der Waals surface area (Å²) in [5.74, 6) is 0.563. The van der Waals surface area contributed by atoms with Crippen LogP contribution in [0.4, 0.5) is 0 Å². The van der Waals surface area contributed by atoms with Crippen molar-refractivity contribution < 1.29 is 4.79 Å². The first-order chi connectivity index (χ1) is 16.0. The van der Waals surface area contributed by atoms with Crippen LogP contribution in [0.3, 0.4) is 0 Å². The Morgan fingerprint density at radius 1 is 1.09 bits per heavy atom. The van der Waals surface area contributed by atoms with Crippen molar-refractivity contribution >= 4 is 35.0 Å². The summed E-state index contributed by atoms with van der Waals surface area (Å²) in [7, 11) is 0. The topological polar surface area (TPSA) is 85.1 Å². The first kappa shape index (κ1) is 22.7. The van der Waals surface area contributed by atoms with Crippen LogP contribution in [-0.2, 0) is 4.79 Å². The monoisotopic (exact) mass is 476 g/mol.